The number of allylic oxidation sites excluding steroid dienone is 6. The Bertz CT molecular complexity index is 192. The molecule has 0 amide bonds. The molecule has 46 valence electrons. The zero-order valence-electron chi connectivity index (χ0n) is 5.43. The summed E-state index contributed by atoms with van der Waals surface area (Å²) in [6.45, 7) is 7.46. The van der Waals surface area contributed by atoms with Crippen molar-refractivity contribution in [3.8, 4) is 0 Å². The van der Waals surface area contributed by atoms with E-state index in [4.69, 9.17) is 0 Å². The van der Waals surface area contributed by atoms with Gasteiger partial charge in [0.25, 0.3) is 0 Å². The monoisotopic (exact) mass is 118 g/mol. The second-order valence-electron chi connectivity index (χ2n) is 2.06. The first-order chi connectivity index (χ1) is 4.34. The summed E-state index contributed by atoms with van der Waals surface area (Å²) in [5.74, 6) is 0. The first-order valence-electron chi connectivity index (χ1n) is 3.02. The van der Waals surface area contributed by atoms with E-state index in [9.17, 15) is 0 Å². The summed E-state index contributed by atoms with van der Waals surface area (Å²) in [6, 6.07) is 0. The van der Waals surface area contributed by atoms with Gasteiger partial charge in [-0.1, -0.05) is 37.5 Å². The molecule has 1 rings (SSSR count). The Morgan fingerprint density at radius 2 is 2.33 bits per heavy atom. The average molecular weight is 118 g/mol. The van der Waals surface area contributed by atoms with Gasteiger partial charge >= 0.3 is 0 Å². The van der Waals surface area contributed by atoms with Crippen molar-refractivity contribution in [2.45, 2.75) is 6.42 Å². The maximum Gasteiger partial charge on any atom is -0.00884 e. The molecule has 0 bridgehead atoms. The van der Waals surface area contributed by atoms with Crippen molar-refractivity contribution in [3.05, 3.63) is 48.6 Å². The first-order valence-corrected chi connectivity index (χ1v) is 3.02. The molecule has 1 aliphatic carbocycles. The van der Waals surface area contributed by atoms with Crippen LogP contribution in [0.15, 0.2) is 48.6 Å². The molecule has 0 heterocycles. The lowest BCUT2D eigenvalue weighted by Crippen LogP contribution is -1.73. The third kappa shape index (κ3) is 1.20. The van der Waals surface area contributed by atoms with Gasteiger partial charge in [0, 0.05) is 0 Å². The van der Waals surface area contributed by atoms with Gasteiger partial charge in [0.05, 0.1) is 0 Å². The van der Waals surface area contributed by atoms with Gasteiger partial charge in [-0.25, -0.2) is 0 Å². The van der Waals surface area contributed by atoms with E-state index in [2.05, 4.69) is 19.2 Å². The van der Waals surface area contributed by atoms with Crippen LogP contribution in [-0.2, 0) is 0 Å². The van der Waals surface area contributed by atoms with Gasteiger partial charge in [-0.2, -0.15) is 0 Å². The normalized spacial score (nSPS) is 21.3. The van der Waals surface area contributed by atoms with Gasteiger partial charge in [-0.05, 0) is 17.6 Å². The molecule has 0 saturated carbocycles. The fourth-order valence-electron chi connectivity index (χ4n) is 0.884. The summed E-state index contributed by atoms with van der Waals surface area (Å²) >= 11 is 0. The maximum atomic E-state index is 3.85. The number of hydrogen-bond donors (Lipinski definition) is 0. The molecule has 0 saturated heterocycles. The minimum absolute atomic E-state index is 1.02. The van der Waals surface area contributed by atoms with Gasteiger partial charge in [-0.3, -0.25) is 0 Å². The van der Waals surface area contributed by atoms with E-state index in [0.717, 1.165) is 12.0 Å². The standard InChI is InChI=1S/C9H10/c1-3-5-9-7-4-6-8(9)2/h3-6H,1-2,7H2/b9-5-. The van der Waals surface area contributed by atoms with Crippen LogP contribution < -0.4 is 0 Å². The Kier molecular flexibility index (Phi) is 1.69. The molecule has 0 nitrogen and oxygen atoms in total. The number of hydrogen-bond acceptors (Lipinski definition) is 0. The van der Waals surface area contributed by atoms with E-state index >= 15 is 0 Å². The Morgan fingerprint density at radius 1 is 1.56 bits per heavy atom. The highest BCUT2D eigenvalue weighted by Crippen LogP contribution is 2.20. The molecule has 0 aromatic carbocycles. The first kappa shape index (κ1) is 6.09. The van der Waals surface area contributed by atoms with Crippen LogP contribution in [0.25, 0.3) is 0 Å². The summed E-state index contributed by atoms with van der Waals surface area (Å²) < 4.78 is 0. The van der Waals surface area contributed by atoms with E-state index in [-0.39, 0.29) is 0 Å². The SMILES string of the molecule is C=C/C=C1/CC=CC1=C. The van der Waals surface area contributed by atoms with Crippen LogP contribution in [0, 0.1) is 0 Å². The van der Waals surface area contributed by atoms with E-state index in [1.807, 2.05) is 12.2 Å². The van der Waals surface area contributed by atoms with Gasteiger partial charge in [0.15, 0.2) is 0 Å². The smallest absolute Gasteiger partial charge is 0.00884 e. The van der Waals surface area contributed by atoms with Crippen LogP contribution in [0.5, 0.6) is 0 Å². The van der Waals surface area contributed by atoms with Crippen molar-refractivity contribution in [1.82, 2.24) is 0 Å². The summed E-state index contributed by atoms with van der Waals surface area (Å²) in [6.07, 6.45) is 8.97. The molecule has 0 radical (unpaired) electrons. The summed E-state index contributed by atoms with van der Waals surface area (Å²) in [7, 11) is 0. The lowest BCUT2D eigenvalue weighted by Gasteiger charge is -1.92. The summed E-state index contributed by atoms with van der Waals surface area (Å²) in [4.78, 5) is 0. The van der Waals surface area contributed by atoms with Crippen LogP contribution in [-0.4, -0.2) is 0 Å². The molecule has 0 aromatic rings. The third-order valence-corrected chi connectivity index (χ3v) is 1.39. The topological polar surface area (TPSA) is 0 Å². The maximum absolute atomic E-state index is 3.85. The van der Waals surface area contributed by atoms with E-state index < -0.39 is 0 Å². The predicted molar refractivity (Wildman–Crippen MR) is 41.2 cm³/mol. The molecular weight excluding hydrogens is 108 g/mol. The highest BCUT2D eigenvalue weighted by Gasteiger charge is 2.01. The lowest BCUT2D eigenvalue weighted by molar-refractivity contribution is 1.32. The second kappa shape index (κ2) is 2.49. The van der Waals surface area contributed by atoms with Crippen molar-refractivity contribution in [1.29, 1.82) is 0 Å². The molecule has 0 atom stereocenters. The van der Waals surface area contributed by atoms with Crippen molar-refractivity contribution in [2.75, 3.05) is 0 Å². The van der Waals surface area contributed by atoms with E-state index in [1.165, 1.54) is 5.57 Å². The fourth-order valence-corrected chi connectivity index (χ4v) is 0.884. The van der Waals surface area contributed by atoms with Crippen molar-refractivity contribution in [3.63, 3.8) is 0 Å². The van der Waals surface area contributed by atoms with Gasteiger partial charge in [-0.15, -0.1) is 0 Å². The molecule has 0 spiro atoms. The quantitative estimate of drug-likeness (QED) is 0.496. The van der Waals surface area contributed by atoms with Crippen molar-refractivity contribution in [2.24, 2.45) is 0 Å². The van der Waals surface area contributed by atoms with E-state index in [0.29, 0.717) is 0 Å². The predicted octanol–water partition coefficient (Wildman–Crippen LogP) is 2.61. The molecule has 0 aliphatic heterocycles. The van der Waals surface area contributed by atoms with Crippen LogP contribution in [0.1, 0.15) is 6.42 Å². The average Bonchev–Trinajstić information content (AvgIpc) is 2.18. The molecule has 0 unspecified atom stereocenters. The largest absolute Gasteiger partial charge is 0.0991 e. The Balaban J connectivity index is 2.77. The molecule has 0 fully saturated rings. The Hall–Kier alpha value is -1.04. The summed E-state index contributed by atoms with van der Waals surface area (Å²) in [5.41, 5.74) is 2.40. The minimum Gasteiger partial charge on any atom is -0.0991 e. The third-order valence-electron chi connectivity index (χ3n) is 1.39. The molecule has 0 aromatic heterocycles. The second-order valence-corrected chi connectivity index (χ2v) is 2.06. The Morgan fingerprint density at radius 3 is 2.78 bits per heavy atom. The molecule has 1 aliphatic rings. The van der Waals surface area contributed by atoms with Crippen molar-refractivity contribution < 1.29 is 0 Å². The summed E-state index contributed by atoms with van der Waals surface area (Å²) in [5, 5.41) is 0. The number of rotatable bonds is 1. The fraction of sp³-hybridized carbons (Fsp3) is 0.111. The van der Waals surface area contributed by atoms with Gasteiger partial charge in [0.1, 0.15) is 0 Å². The van der Waals surface area contributed by atoms with Gasteiger partial charge in [0.2, 0.25) is 0 Å². The van der Waals surface area contributed by atoms with Crippen LogP contribution in [0.2, 0.25) is 0 Å². The highest BCUT2D eigenvalue weighted by atomic mass is 14.1. The molecule has 0 heteroatoms. The van der Waals surface area contributed by atoms with Crippen LogP contribution in [0.4, 0.5) is 0 Å². The minimum atomic E-state index is 1.02. The molecule has 0 N–H and O–H groups in total. The van der Waals surface area contributed by atoms with Gasteiger partial charge < -0.3 is 0 Å². The van der Waals surface area contributed by atoms with E-state index in [1.54, 1.807) is 6.08 Å². The van der Waals surface area contributed by atoms with Crippen LogP contribution >= 0.6 is 0 Å². The zero-order valence-corrected chi connectivity index (χ0v) is 5.43. The molecule has 9 heavy (non-hydrogen) atoms. The zero-order chi connectivity index (χ0) is 6.69. The lowest BCUT2D eigenvalue weighted by atomic mass is 10.1. The molecular formula is C9H10. The highest BCUT2D eigenvalue weighted by molar-refractivity contribution is 5.45. The Labute approximate surface area is 55.9 Å². The van der Waals surface area contributed by atoms with Crippen molar-refractivity contribution >= 4 is 0 Å². The van der Waals surface area contributed by atoms with Crippen LogP contribution in [0.3, 0.4) is 0 Å².